The van der Waals surface area contributed by atoms with Gasteiger partial charge >= 0.3 is 12.1 Å². The molecule has 3 amide bonds. The van der Waals surface area contributed by atoms with Crippen LogP contribution in [0.3, 0.4) is 0 Å². The molecule has 3 N–H and O–H groups in total. The number of amides is 3. The lowest BCUT2D eigenvalue weighted by Gasteiger charge is -2.19. The molecule has 8 heteroatoms. The van der Waals surface area contributed by atoms with Crippen molar-refractivity contribution in [2.45, 2.75) is 32.9 Å². The van der Waals surface area contributed by atoms with Crippen LogP contribution in [0.1, 0.15) is 26.3 Å². The molecule has 0 heterocycles. The van der Waals surface area contributed by atoms with E-state index in [1.165, 1.54) is 0 Å². The Bertz CT molecular complexity index is 653. The maximum absolute atomic E-state index is 11.9. The zero-order valence-electron chi connectivity index (χ0n) is 16.5. The summed E-state index contributed by atoms with van der Waals surface area (Å²) in [5.41, 5.74) is 0.280. The molecule has 0 aliphatic carbocycles. The van der Waals surface area contributed by atoms with Gasteiger partial charge in [-0.05, 0) is 26.8 Å². The molecule has 8 nitrogen and oxygen atoms in total. The highest BCUT2D eigenvalue weighted by atomic mass is 16.6. The normalized spacial score (nSPS) is 11.0. The quantitative estimate of drug-likeness (QED) is 0.603. The first-order valence-corrected chi connectivity index (χ1v) is 8.60. The Hall–Kier alpha value is -2.90. The number of rotatable bonds is 8. The third-order valence-electron chi connectivity index (χ3n) is 3.23. The smallest absolute Gasteiger partial charge is 0.407 e. The molecule has 0 aromatic heterocycles. The van der Waals surface area contributed by atoms with E-state index in [0.717, 1.165) is 5.56 Å². The fourth-order valence-electron chi connectivity index (χ4n) is 2.11. The van der Waals surface area contributed by atoms with E-state index in [-0.39, 0.29) is 6.03 Å². The number of alkyl carbamates (subject to hydrolysis) is 1. The number of urea groups is 1. The summed E-state index contributed by atoms with van der Waals surface area (Å²) in [6, 6.07) is 5.16. The van der Waals surface area contributed by atoms with Crippen LogP contribution in [0.15, 0.2) is 30.4 Å². The average molecular weight is 379 g/mol. The van der Waals surface area contributed by atoms with Crippen molar-refractivity contribution in [3.63, 3.8) is 0 Å². The Labute approximate surface area is 160 Å². The van der Waals surface area contributed by atoms with Crippen LogP contribution in [0.5, 0.6) is 11.5 Å². The Morgan fingerprint density at radius 3 is 2.26 bits per heavy atom. The van der Waals surface area contributed by atoms with Crippen LogP contribution in [0.25, 0.3) is 0 Å². The van der Waals surface area contributed by atoms with Gasteiger partial charge in [-0.1, -0.05) is 24.3 Å². The Morgan fingerprint density at radius 1 is 1.00 bits per heavy atom. The molecule has 0 unspecified atom stereocenters. The van der Waals surface area contributed by atoms with E-state index in [9.17, 15) is 9.59 Å². The molecule has 0 saturated carbocycles. The number of methoxy groups -OCH3 is 2. The molecule has 1 aromatic carbocycles. The van der Waals surface area contributed by atoms with Crippen molar-refractivity contribution < 1.29 is 23.8 Å². The molecule has 0 saturated heterocycles. The summed E-state index contributed by atoms with van der Waals surface area (Å²) in [6.45, 7) is 6.34. The number of nitrogens with one attached hydrogen (secondary N) is 3. The highest BCUT2D eigenvalue weighted by Gasteiger charge is 2.15. The summed E-state index contributed by atoms with van der Waals surface area (Å²) in [4.78, 5) is 23.3. The number of carbonyl (C=O) groups excluding carboxylic acids is 2. The fraction of sp³-hybridized carbons (Fsp3) is 0.474. The SMILES string of the molecule is COc1cccc(CNC(=O)NCC=CCNC(=O)OC(C)(C)C)c1OC. The van der Waals surface area contributed by atoms with Crippen molar-refractivity contribution >= 4 is 12.1 Å². The zero-order valence-corrected chi connectivity index (χ0v) is 16.5. The minimum Gasteiger partial charge on any atom is -0.493 e. The number of hydrogen-bond acceptors (Lipinski definition) is 5. The van der Waals surface area contributed by atoms with Gasteiger partial charge in [-0.3, -0.25) is 0 Å². The van der Waals surface area contributed by atoms with Crippen molar-refractivity contribution in [3.8, 4) is 11.5 Å². The van der Waals surface area contributed by atoms with Crippen LogP contribution in [0.2, 0.25) is 0 Å². The predicted octanol–water partition coefficient (Wildman–Crippen LogP) is 2.58. The lowest BCUT2D eigenvalue weighted by molar-refractivity contribution is 0.0534. The number of benzene rings is 1. The molecular formula is C19H29N3O5. The topological polar surface area (TPSA) is 97.9 Å². The lowest BCUT2D eigenvalue weighted by Crippen LogP contribution is -2.35. The van der Waals surface area contributed by atoms with Gasteiger partial charge in [0.2, 0.25) is 0 Å². The first kappa shape index (κ1) is 22.1. The van der Waals surface area contributed by atoms with Crippen LogP contribution >= 0.6 is 0 Å². The monoisotopic (exact) mass is 379 g/mol. The molecule has 27 heavy (non-hydrogen) atoms. The van der Waals surface area contributed by atoms with Crippen molar-refractivity contribution in [1.82, 2.24) is 16.0 Å². The zero-order chi connectivity index (χ0) is 20.3. The minimum absolute atomic E-state index is 0.302. The standard InChI is InChI=1S/C19H29N3O5/c1-19(2,3)27-18(24)21-12-7-6-11-20-17(23)22-13-14-9-8-10-15(25-4)16(14)26-5/h6-10H,11-13H2,1-5H3,(H,21,24)(H2,20,22,23). The van der Waals surface area contributed by atoms with E-state index in [4.69, 9.17) is 14.2 Å². The summed E-state index contributed by atoms with van der Waals surface area (Å²) in [5.74, 6) is 1.20. The molecule has 0 fully saturated rings. The summed E-state index contributed by atoms with van der Waals surface area (Å²) in [7, 11) is 3.11. The van der Waals surface area contributed by atoms with Crippen molar-refractivity contribution in [2.24, 2.45) is 0 Å². The van der Waals surface area contributed by atoms with Gasteiger partial charge in [-0.25, -0.2) is 9.59 Å². The maximum Gasteiger partial charge on any atom is 0.407 e. The van der Waals surface area contributed by atoms with Crippen LogP contribution in [0.4, 0.5) is 9.59 Å². The number of para-hydroxylation sites is 1. The van der Waals surface area contributed by atoms with Gasteiger partial charge in [0.15, 0.2) is 11.5 Å². The second-order valence-corrected chi connectivity index (χ2v) is 6.57. The van der Waals surface area contributed by atoms with Crippen molar-refractivity contribution in [2.75, 3.05) is 27.3 Å². The van der Waals surface area contributed by atoms with Crippen LogP contribution in [0, 0.1) is 0 Å². The molecule has 0 bridgehead atoms. The van der Waals surface area contributed by atoms with E-state index in [2.05, 4.69) is 16.0 Å². The molecule has 0 aliphatic rings. The van der Waals surface area contributed by atoms with E-state index < -0.39 is 11.7 Å². The number of carbonyl (C=O) groups is 2. The summed E-state index contributed by atoms with van der Waals surface area (Å²) in [5, 5.41) is 8.04. The average Bonchev–Trinajstić information content (AvgIpc) is 2.60. The van der Waals surface area contributed by atoms with Crippen molar-refractivity contribution in [1.29, 1.82) is 0 Å². The molecule has 150 valence electrons. The second kappa shape index (κ2) is 10.9. The van der Waals surface area contributed by atoms with E-state index >= 15 is 0 Å². The molecule has 0 atom stereocenters. The highest BCUT2D eigenvalue weighted by molar-refractivity contribution is 5.74. The van der Waals surface area contributed by atoms with Gasteiger partial charge in [-0.2, -0.15) is 0 Å². The number of hydrogen-bond donors (Lipinski definition) is 3. The summed E-state index contributed by atoms with van der Waals surface area (Å²) < 4.78 is 15.7. The summed E-state index contributed by atoms with van der Waals surface area (Å²) >= 11 is 0. The third-order valence-corrected chi connectivity index (χ3v) is 3.23. The molecule has 1 rings (SSSR count). The van der Waals surface area contributed by atoms with Gasteiger partial charge in [-0.15, -0.1) is 0 Å². The molecule has 0 radical (unpaired) electrons. The fourth-order valence-corrected chi connectivity index (χ4v) is 2.11. The highest BCUT2D eigenvalue weighted by Crippen LogP contribution is 2.30. The Morgan fingerprint density at radius 2 is 1.67 bits per heavy atom. The summed E-state index contributed by atoms with van der Waals surface area (Å²) in [6.07, 6.45) is 2.99. The minimum atomic E-state index is -0.529. The predicted molar refractivity (Wildman–Crippen MR) is 103 cm³/mol. The van der Waals surface area contributed by atoms with Crippen LogP contribution < -0.4 is 25.4 Å². The second-order valence-electron chi connectivity index (χ2n) is 6.57. The van der Waals surface area contributed by atoms with Gasteiger partial charge in [0, 0.05) is 25.2 Å². The maximum atomic E-state index is 11.9. The van der Waals surface area contributed by atoms with Gasteiger partial charge < -0.3 is 30.2 Å². The Kier molecular flexibility index (Phi) is 8.98. The first-order valence-electron chi connectivity index (χ1n) is 8.60. The molecular weight excluding hydrogens is 350 g/mol. The van der Waals surface area contributed by atoms with Gasteiger partial charge in [0.1, 0.15) is 5.60 Å². The van der Waals surface area contributed by atoms with Crippen LogP contribution in [-0.2, 0) is 11.3 Å². The third kappa shape index (κ3) is 8.84. The lowest BCUT2D eigenvalue weighted by atomic mass is 10.2. The van der Waals surface area contributed by atoms with E-state index in [1.54, 1.807) is 53.2 Å². The van der Waals surface area contributed by atoms with Crippen molar-refractivity contribution in [3.05, 3.63) is 35.9 Å². The van der Waals surface area contributed by atoms with Crippen LogP contribution in [-0.4, -0.2) is 45.0 Å². The van der Waals surface area contributed by atoms with E-state index in [0.29, 0.717) is 31.1 Å². The Balaban J connectivity index is 2.29. The van der Waals surface area contributed by atoms with Gasteiger partial charge in [0.25, 0.3) is 0 Å². The molecule has 0 spiro atoms. The number of ether oxygens (including phenoxy) is 3. The molecule has 1 aromatic rings. The first-order chi connectivity index (χ1) is 12.8. The van der Waals surface area contributed by atoms with Gasteiger partial charge in [0.05, 0.1) is 14.2 Å². The molecule has 0 aliphatic heterocycles. The van der Waals surface area contributed by atoms with E-state index in [1.807, 2.05) is 12.1 Å². The largest absolute Gasteiger partial charge is 0.493 e.